The van der Waals surface area contributed by atoms with Crippen LogP contribution in [0.3, 0.4) is 0 Å². The van der Waals surface area contributed by atoms with Gasteiger partial charge in [-0.2, -0.15) is 5.10 Å². The predicted octanol–water partition coefficient (Wildman–Crippen LogP) is 3.84. The van der Waals surface area contributed by atoms with Crippen molar-refractivity contribution in [3.05, 3.63) is 66.7 Å². The Morgan fingerprint density at radius 1 is 1.07 bits per heavy atom. The fraction of sp³-hybridized carbons (Fsp3) is 0.190. The number of aromatic nitrogens is 6. The fourth-order valence-electron chi connectivity index (χ4n) is 2.90. The molecule has 0 aliphatic carbocycles. The van der Waals surface area contributed by atoms with Crippen LogP contribution in [0.2, 0.25) is 0 Å². The number of hydrogen-bond acceptors (Lipinski definition) is 6. The van der Waals surface area contributed by atoms with Crippen LogP contribution in [-0.4, -0.2) is 41.6 Å². The van der Waals surface area contributed by atoms with Crippen LogP contribution >= 0.6 is 11.8 Å². The molecule has 0 saturated carbocycles. The number of benzene rings is 2. The van der Waals surface area contributed by atoms with Crippen LogP contribution in [0.5, 0.6) is 0 Å². The van der Waals surface area contributed by atoms with Crippen LogP contribution in [0.25, 0.3) is 16.9 Å². The maximum Gasteiger partial charge on any atom is 0.236 e. The molecule has 1 amide bonds. The minimum absolute atomic E-state index is 0.124. The number of rotatable bonds is 7. The number of para-hydroxylation sites is 1. The quantitative estimate of drug-likeness (QED) is 0.458. The second-order valence-corrected chi connectivity index (χ2v) is 7.81. The van der Waals surface area contributed by atoms with Crippen LogP contribution < -0.4 is 5.32 Å². The van der Waals surface area contributed by atoms with E-state index in [1.165, 1.54) is 11.8 Å². The SMILES string of the molecule is CC(C)n1nnnc1SCC(=O)Nc1cc(-c2ccccc2)nn1-c1ccccc1. The van der Waals surface area contributed by atoms with Gasteiger partial charge in [-0.1, -0.05) is 60.3 Å². The highest BCUT2D eigenvalue weighted by atomic mass is 32.2. The number of nitrogens with one attached hydrogen (secondary N) is 1. The normalized spacial score (nSPS) is 11.0. The molecule has 8 nitrogen and oxygen atoms in total. The lowest BCUT2D eigenvalue weighted by Crippen LogP contribution is -2.17. The van der Waals surface area contributed by atoms with Gasteiger partial charge in [0.05, 0.1) is 23.2 Å². The minimum atomic E-state index is -0.157. The second kappa shape index (κ2) is 8.91. The minimum Gasteiger partial charge on any atom is -0.310 e. The van der Waals surface area contributed by atoms with Crippen LogP contribution in [0.4, 0.5) is 5.82 Å². The maximum absolute atomic E-state index is 12.7. The number of nitrogens with zero attached hydrogens (tertiary/aromatic N) is 6. The third kappa shape index (κ3) is 4.41. The first kappa shape index (κ1) is 19.8. The number of carbonyl (C=O) groups excluding carboxylic acids is 1. The van der Waals surface area contributed by atoms with Crippen molar-refractivity contribution in [2.24, 2.45) is 0 Å². The number of hydrogen-bond donors (Lipinski definition) is 1. The van der Waals surface area contributed by atoms with Gasteiger partial charge in [0, 0.05) is 11.6 Å². The van der Waals surface area contributed by atoms with Crippen molar-refractivity contribution in [3.8, 4) is 16.9 Å². The van der Waals surface area contributed by atoms with Crippen molar-refractivity contribution in [2.45, 2.75) is 25.0 Å². The number of thioether (sulfide) groups is 1. The van der Waals surface area contributed by atoms with Crippen molar-refractivity contribution < 1.29 is 4.79 Å². The molecule has 1 N–H and O–H groups in total. The maximum atomic E-state index is 12.7. The van der Waals surface area contributed by atoms with E-state index in [0.29, 0.717) is 11.0 Å². The molecule has 2 aromatic heterocycles. The lowest BCUT2D eigenvalue weighted by molar-refractivity contribution is -0.113. The van der Waals surface area contributed by atoms with Crippen molar-refractivity contribution in [2.75, 3.05) is 11.1 Å². The van der Waals surface area contributed by atoms with Gasteiger partial charge < -0.3 is 5.32 Å². The van der Waals surface area contributed by atoms with Gasteiger partial charge in [-0.05, 0) is 36.4 Å². The van der Waals surface area contributed by atoms with E-state index in [0.717, 1.165) is 16.9 Å². The van der Waals surface area contributed by atoms with E-state index in [1.807, 2.05) is 80.6 Å². The van der Waals surface area contributed by atoms with E-state index in [1.54, 1.807) is 9.36 Å². The molecule has 0 saturated heterocycles. The standard InChI is InChI=1S/C21H21N7OS/c1-15(2)27-21(23-25-26-27)30-14-20(29)22-19-13-18(16-9-5-3-6-10-16)24-28(19)17-11-7-4-8-12-17/h3-13,15H,14H2,1-2H3,(H,22,29). The van der Waals surface area contributed by atoms with Gasteiger partial charge in [0.1, 0.15) is 5.82 Å². The summed E-state index contributed by atoms with van der Waals surface area (Å²) in [6.07, 6.45) is 0. The van der Waals surface area contributed by atoms with E-state index >= 15 is 0 Å². The second-order valence-electron chi connectivity index (χ2n) is 6.86. The molecular weight excluding hydrogens is 398 g/mol. The smallest absolute Gasteiger partial charge is 0.236 e. The largest absolute Gasteiger partial charge is 0.310 e. The summed E-state index contributed by atoms with van der Waals surface area (Å²) >= 11 is 1.30. The monoisotopic (exact) mass is 419 g/mol. The zero-order chi connectivity index (χ0) is 20.9. The first-order valence-electron chi connectivity index (χ1n) is 9.53. The molecule has 2 heterocycles. The average Bonchev–Trinajstić information content (AvgIpc) is 3.41. The summed E-state index contributed by atoms with van der Waals surface area (Å²) < 4.78 is 3.43. The summed E-state index contributed by atoms with van der Waals surface area (Å²) in [5.74, 6) is 0.636. The summed E-state index contributed by atoms with van der Waals surface area (Å²) in [6.45, 7) is 3.98. The first-order valence-corrected chi connectivity index (χ1v) is 10.5. The lowest BCUT2D eigenvalue weighted by atomic mass is 10.2. The molecule has 0 unspecified atom stereocenters. The predicted molar refractivity (Wildman–Crippen MR) is 117 cm³/mol. The van der Waals surface area contributed by atoms with Gasteiger partial charge in [-0.15, -0.1) is 5.10 Å². The molecule has 0 atom stereocenters. The van der Waals surface area contributed by atoms with Gasteiger partial charge in [0.2, 0.25) is 11.1 Å². The molecule has 30 heavy (non-hydrogen) atoms. The highest BCUT2D eigenvalue weighted by Gasteiger charge is 2.16. The molecule has 0 aliphatic heterocycles. The zero-order valence-corrected chi connectivity index (χ0v) is 17.5. The van der Waals surface area contributed by atoms with Crippen molar-refractivity contribution in [3.63, 3.8) is 0 Å². The lowest BCUT2D eigenvalue weighted by Gasteiger charge is -2.09. The van der Waals surface area contributed by atoms with E-state index in [2.05, 4.69) is 20.8 Å². The third-order valence-corrected chi connectivity index (χ3v) is 5.26. The molecule has 2 aromatic carbocycles. The molecule has 0 aliphatic rings. The fourth-order valence-corrected chi connectivity index (χ4v) is 3.71. The number of tetrazole rings is 1. The molecule has 0 fully saturated rings. The van der Waals surface area contributed by atoms with Crippen LogP contribution in [0.1, 0.15) is 19.9 Å². The molecular formula is C21H21N7OS. The molecule has 152 valence electrons. The Balaban J connectivity index is 1.56. The first-order chi connectivity index (χ1) is 14.6. The van der Waals surface area contributed by atoms with E-state index in [-0.39, 0.29) is 17.7 Å². The van der Waals surface area contributed by atoms with Gasteiger partial charge in [-0.25, -0.2) is 9.36 Å². The average molecular weight is 420 g/mol. The number of amides is 1. The summed E-state index contributed by atoms with van der Waals surface area (Å²) in [5.41, 5.74) is 2.63. The highest BCUT2D eigenvalue weighted by molar-refractivity contribution is 7.99. The topological polar surface area (TPSA) is 90.5 Å². The van der Waals surface area contributed by atoms with Crippen molar-refractivity contribution in [1.29, 1.82) is 0 Å². The summed E-state index contributed by atoms with van der Waals surface area (Å²) in [4.78, 5) is 12.7. The summed E-state index contributed by atoms with van der Waals surface area (Å²) in [5, 5.41) is 19.9. The van der Waals surface area contributed by atoms with Gasteiger partial charge in [0.15, 0.2) is 0 Å². The Hall–Kier alpha value is -3.46. The third-order valence-electron chi connectivity index (χ3n) is 4.33. The molecule has 4 rings (SSSR count). The zero-order valence-electron chi connectivity index (χ0n) is 16.6. The number of carbonyl (C=O) groups is 1. The van der Waals surface area contributed by atoms with Gasteiger partial charge >= 0.3 is 0 Å². The Kier molecular flexibility index (Phi) is 5.89. The highest BCUT2D eigenvalue weighted by Crippen LogP contribution is 2.25. The Bertz CT molecular complexity index is 1120. The van der Waals surface area contributed by atoms with Crippen LogP contribution in [0.15, 0.2) is 71.9 Å². The molecule has 0 spiro atoms. The van der Waals surface area contributed by atoms with E-state index in [9.17, 15) is 4.79 Å². The van der Waals surface area contributed by atoms with Crippen LogP contribution in [-0.2, 0) is 4.79 Å². The van der Waals surface area contributed by atoms with Gasteiger partial charge in [0.25, 0.3) is 0 Å². The Morgan fingerprint density at radius 3 is 2.47 bits per heavy atom. The summed E-state index contributed by atoms with van der Waals surface area (Å²) in [7, 11) is 0. The Morgan fingerprint density at radius 2 is 1.77 bits per heavy atom. The van der Waals surface area contributed by atoms with E-state index in [4.69, 9.17) is 5.10 Å². The molecule has 0 bridgehead atoms. The van der Waals surface area contributed by atoms with Crippen molar-refractivity contribution >= 4 is 23.5 Å². The molecule has 0 radical (unpaired) electrons. The van der Waals surface area contributed by atoms with E-state index < -0.39 is 0 Å². The Labute approximate surface area is 178 Å². The molecule has 4 aromatic rings. The van der Waals surface area contributed by atoms with Crippen LogP contribution in [0, 0.1) is 0 Å². The summed E-state index contributed by atoms with van der Waals surface area (Å²) in [6, 6.07) is 21.6. The number of anilines is 1. The van der Waals surface area contributed by atoms with Gasteiger partial charge in [-0.3, -0.25) is 4.79 Å². The molecule has 9 heteroatoms. The van der Waals surface area contributed by atoms with Crippen molar-refractivity contribution in [1.82, 2.24) is 30.0 Å².